The Balaban J connectivity index is 1.96. The Kier molecular flexibility index (Phi) is 3.67. The summed E-state index contributed by atoms with van der Waals surface area (Å²) in [6.07, 6.45) is 4.44. The lowest BCUT2D eigenvalue weighted by molar-refractivity contribution is -0.125. The summed E-state index contributed by atoms with van der Waals surface area (Å²) in [6.45, 7) is 2.00. The van der Waals surface area contributed by atoms with Gasteiger partial charge in [0.25, 0.3) is 0 Å². The SMILES string of the molecule is CC(NC(=O)C1CCCC1)c1cccc(N)c1. The van der Waals surface area contributed by atoms with Gasteiger partial charge in [0.1, 0.15) is 0 Å². The minimum Gasteiger partial charge on any atom is -0.399 e. The van der Waals surface area contributed by atoms with E-state index in [0.29, 0.717) is 0 Å². The Labute approximate surface area is 102 Å². The smallest absolute Gasteiger partial charge is 0.223 e. The van der Waals surface area contributed by atoms with Crippen molar-refractivity contribution in [3.05, 3.63) is 29.8 Å². The number of rotatable bonds is 3. The molecule has 1 atom stereocenters. The van der Waals surface area contributed by atoms with Crippen molar-refractivity contribution in [3.8, 4) is 0 Å². The van der Waals surface area contributed by atoms with Gasteiger partial charge in [0.15, 0.2) is 0 Å². The molecule has 1 unspecified atom stereocenters. The first kappa shape index (κ1) is 12.0. The monoisotopic (exact) mass is 232 g/mol. The Morgan fingerprint density at radius 1 is 1.41 bits per heavy atom. The van der Waals surface area contributed by atoms with E-state index >= 15 is 0 Å². The van der Waals surface area contributed by atoms with Crippen LogP contribution < -0.4 is 11.1 Å². The summed E-state index contributed by atoms with van der Waals surface area (Å²) in [5.74, 6) is 0.413. The zero-order valence-corrected chi connectivity index (χ0v) is 10.3. The van der Waals surface area contributed by atoms with Crippen LogP contribution in [0.15, 0.2) is 24.3 Å². The van der Waals surface area contributed by atoms with E-state index in [4.69, 9.17) is 5.73 Å². The molecule has 0 aliphatic heterocycles. The predicted molar refractivity (Wildman–Crippen MR) is 69.4 cm³/mol. The zero-order chi connectivity index (χ0) is 12.3. The van der Waals surface area contributed by atoms with Gasteiger partial charge < -0.3 is 11.1 Å². The van der Waals surface area contributed by atoms with Gasteiger partial charge in [0.05, 0.1) is 6.04 Å². The van der Waals surface area contributed by atoms with Gasteiger partial charge in [-0.05, 0) is 37.5 Å². The van der Waals surface area contributed by atoms with E-state index in [0.717, 1.165) is 24.1 Å². The Morgan fingerprint density at radius 2 is 2.12 bits per heavy atom. The molecule has 17 heavy (non-hydrogen) atoms. The topological polar surface area (TPSA) is 55.1 Å². The molecule has 1 aliphatic carbocycles. The molecule has 1 amide bonds. The third kappa shape index (κ3) is 2.99. The van der Waals surface area contributed by atoms with Gasteiger partial charge in [-0.1, -0.05) is 25.0 Å². The average molecular weight is 232 g/mol. The molecule has 1 aliphatic rings. The van der Waals surface area contributed by atoms with Crippen molar-refractivity contribution in [2.24, 2.45) is 5.92 Å². The van der Waals surface area contributed by atoms with Crippen LogP contribution in [0.4, 0.5) is 5.69 Å². The number of hydrogen-bond acceptors (Lipinski definition) is 2. The van der Waals surface area contributed by atoms with Gasteiger partial charge in [-0.15, -0.1) is 0 Å². The summed E-state index contributed by atoms with van der Waals surface area (Å²) >= 11 is 0. The fraction of sp³-hybridized carbons (Fsp3) is 0.500. The molecular formula is C14H20N2O. The summed E-state index contributed by atoms with van der Waals surface area (Å²) in [7, 11) is 0. The molecule has 2 rings (SSSR count). The Morgan fingerprint density at radius 3 is 2.76 bits per heavy atom. The van der Waals surface area contributed by atoms with Crippen molar-refractivity contribution >= 4 is 11.6 Å². The normalized spacial score (nSPS) is 17.9. The summed E-state index contributed by atoms with van der Waals surface area (Å²) in [4.78, 5) is 12.0. The highest BCUT2D eigenvalue weighted by Crippen LogP contribution is 2.25. The number of amides is 1. The highest BCUT2D eigenvalue weighted by Gasteiger charge is 2.23. The predicted octanol–water partition coefficient (Wildman–Crippen LogP) is 2.64. The second kappa shape index (κ2) is 5.21. The van der Waals surface area contributed by atoms with Crippen LogP contribution in [-0.2, 0) is 4.79 Å². The molecule has 0 spiro atoms. The minimum absolute atomic E-state index is 0.0339. The number of hydrogen-bond donors (Lipinski definition) is 2. The molecule has 3 N–H and O–H groups in total. The number of nitrogens with two attached hydrogens (primary N) is 1. The maximum atomic E-state index is 12.0. The Hall–Kier alpha value is -1.51. The van der Waals surface area contributed by atoms with E-state index in [1.54, 1.807) is 0 Å². The zero-order valence-electron chi connectivity index (χ0n) is 10.3. The molecule has 1 saturated carbocycles. The van der Waals surface area contributed by atoms with Gasteiger partial charge in [-0.3, -0.25) is 4.79 Å². The van der Waals surface area contributed by atoms with Gasteiger partial charge in [-0.2, -0.15) is 0 Å². The average Bonchev–Trinajstić information content (AvgIpc) is 2.82. The fourth-order valence-electron chi connectivity index (χ4n) is 2.43. The number of benzene rings is 1. The van der Waals surface area contributed by atoms with Crippen molar-refractivity contribution < 1.29 is 4.79 Å². The highest BCUT2D eigenvalue weighted by molar-refractivity contribution is 5.79. The van der Waals surface area contributed by atoms with E-state index in [1.165, 1.54) is 12.8 Å². The lowest BCUT2D eigenvalue weighted by Crippen LogP contribution is -2.31. The van der Waals surface area contributed by atoms with E-state index in [9.17, 15) is 4.79 Å². The molecule has 0 saturated heterocycles. The standard InChI is InChI=1S/C14H20N2O/c1-10(12-7-4-8-13(15)9-12)16-14(17)11-5-2-3-6-11/h4,7-11H,2-3,5-6,15H2,1H3,(H,16,17). The van der Waals surface area contributed by atoms with Gasteiger partial charge in [0.2, 0.25) is 5.91 Å². The van der Waals surface area contributed by atoms with Crippen LogP contribution in [0, 0.1) is 5.92 Å². The van der Waals surface area contributed by atoms with Crippen LogP contribution in [0.1, 0.15) is 44.2 Å². The van der Waals surface area contributed by atoms with E-state index in [2.05, 4.69) is 5.32 Å². The molecule has 3 nitrogen and oxygen atoms in total. The van der Waals surface area contributed by atoms with E-state index < -0.39 is 0 Å². The molecule has 0 heterocycles. The number of nitrogen functional groups attached to an aromatic ring is 1. The van der Waals surface area contributed by atoms with E-state index in [1.807, 2.05) is 31.2 Å². The third-order valence-corrected chi connectivity index (χ3v) is 3.50. The minimum atomic E-state index is 0.0339. The molecule has 3 heteroatoms. The fourth-order valence-corrected chi connectivity index (χ4v) is 2.43. The second-order valence-corrected chi connectivity index (χ2v) is 4.88. The van der Waals surface area contributed by atoms with Crippen LogP contribution in [0.2, 0.25) is 0 Å². The van der Waals surface area contributed by atoms with Gasteiger partial charge >= 0.3 is 0 Å². The van der Waals surface area contributed by atoms with Crippen LogP contribution in [0.3, 0.4) is 0 Å². The molecule has 0 aromatic heterocycles. The first-order chi connectivity index (χ1) is 8.16. The summed E-state index contributed by atoms with van der Waals surface area (Å²) in [5, 5.41) is 3.07. The van der Waals surface area contributed by atoms with Crippen LogP contribution in [-0.4, -0.2) is 5.91 Å². The molecule has 92 valence electrons. The molecule has 1 aromatic carbocycles. The van der Waals surface area contributed by atoms with Crippen molar-refractivity contribution in [2.75, 3.05) is 5.73 Å². The van der Waals surface area contributed by atoms with Crippen LogP contribution >= 0.6 is 0 Å². The van der Waals surface area contributed by atoms with Gasteiger partial charge in [0, 0.05) is 11.6 Å². The number of anilines is 1. The number of nitrogens with one attached hydrogen (secondary N) is 1. The lowest BCUT2D eigenvalue weighted by atomic mass is 10.0. The van der Waals surface area contributed by atoms with Gasteiger partial charge in [-0.25, -0.2) is 0 Å². The molecule has 1 aromatic rings. The maximum Gasteiger partial charge on any atom is 0.223 e. The first-order valence-corrected chi connectivity index (χ1v) is 6.32. The van der Waals surface area contributed by atoms with Crippen molar-refractivity contribution in [1.29, 1.82) is 0 Å². The molecule has 0 radical (unpaired) electrons. The Bertz CT molecular complexity index is 397. The molecular weight excluding hydrogens is 212 g/mol. The quantitative estimate of drug-likeness (QED) is 0.787. The molecule has 1 fully saturated rings. The lowest BCUT2D eigenvalue weighted by Gasteiger charge is -2.17. The summed E-state index contributed by atoms with van der Waals surface area (Å²) in [5.41, 5.74) is 7.54. The van der Waals surface area contributed by atoms with Crippen LogP contribution in [0.5, 0.6) is 0 Å². The van der Waals surface area contributed by atoms with Crippen molar-refractivity contribution in [1.82, 2.24) is 5.32 Å². The number of carbonyl (C=O) groups is 1. The molecule has 0 bridgehead atoms. The first-order valence-electron chi connectivity index (χ1n) is 6.32. The summed E-state index contributed by atoms with van der Waals surface area (Å²) in [6, 6.07) is 7.72. The largest absolute Gasteiger partial charge is 0.399 e. The van der Waals surface area contributed by atoms with E-state index in [-0.39, 0.29) is 17.9 Å². The summed E-state index contributed by atoms with van der Waals surface area (Å²) < 4.78 is 0. The van der Waals surface area contributed by atoms with Crippen LogP contribution in [0.25, 0.3) is 0 Å². The second-order valence-electron chi connectivity index (χ2n) is 4.88. The van der Waals surface area contributed by atoms with Crippen molar-refractivity contribution in [3.63, 3.8) is 0 Å². The maximum absolute atomic E-state index is 12.0. The highest BCUT2D eigenvalue weighted by atomic mass is 16.1. The number of carbonyl (C=O) groups excluding carboxylic acids is 1. The van der Waals surface area contributed by atoms with Crippen molar-refractivity contribution in [2.45, 2.75) is 38.6 Å². The third-order valence-electron chi connectivity index (χ3n) is 3.50.